The minimum absolute atomic E-state index is 0.103. The van der Waals surface area contributed by atoms with Crippen LogP contribution in [0.15, 0.2) is 41.7 Å². The highest BCUT2D eigenvalue weighted by atomic mass is 28.4. The second-order valence-electron chi connectivity index (χ2n) is 10.4. The topological polar surface area (TPSA) is 73.2 Å². The van der Waals surface area contributed by atoms with Crippen molar-refractivity contribution in [3.05, 3.63) is 47.8 Å². The number of hydrogen-bond acceptors (Lipinski definition) is 6. The second-order valence-corrected chi connectivity index (χ2v) is 15.8. The van der Waals surface area contributed by atoms with E-state index in [1.807, 2.05) is 30.6 Å². The van der Waals surface area contributed by atoms with Crippen molar-refractivity contribution in [2.24, 2.45) is 4.99 Å². The van der Waals surface area contributed by atoms with Gasteiger partial charge in [-0.25, -0.2) is 4.98 Å². The van der Waals surface area contributed by atoms with Gasteiger partial charge in [-0.1, -0.05) is 41.5 Å². The highest BCUT2D eigenvalue weighted by molar-refractivity contribution is 6.78. The average molecular weight is 508 g/mol. The zero-order valence-electron chi connectivity index (χ0n) is 22.5. The number of fused-ring (bicyclic) bond motifs is 2. The monoisotopic (exact) mass is 507 g/mol. The number of methoxy groups -OCH3 is 2. The van der Waals surface area contributed by atoms with Gasteiger partial charge in [-0.15, -0.1) is 0 Å². The highest BCUT2D eigenvalue weighted by Gasteiger charge is 2.47. The first kappa shape index (κ1) is 25.9. The van der Waals surface area contributed by atoms with Crippen LogP contribution in [-0.4, -0.2) is 50.6 Å². The minimum Gasteiger partial charge on any atom is -0.540 e. The molecule has 0 saturated heterocycles. The van der Waals surface area contributed by atoms with E-state index in [4.69, 9.17) is 18.9 Å². The Kier molecular flexibility index (Phi) is 7.27. The predicted molar refractivity (Wildman–Crippen MR) is 146 cm³/mol. The van der Waals surface area contributed by atoms with Crippen LogP contribution < -0.4 is 13.9 Å². The summed E-state index contributed by atoms with van der Waals surface area (Å²) in [5, 5.41) is 0. The molecule has 8 heteroatoms. The van der Waals surface area contributed by atoms with Crippen LogP contribution in [0.5, 0.6) is 17.4 Å². The number of benzene rings is 1. The number of hydrogen-bond donors (Lipinski definition) is 0. The molecule has 2 aliphatic rings. The maximum atomic E-state index is 13.7. The molecule has 7 nitrogen and oxygen atoms in total. The van der Waals surface area contributed by atoms with Gasteiger partial charge in [0, 0.05) is 37.2 Å². The van der Waals surface area contributed by atoms with Gasteiger partial charge in [0.05, 0.1) is 31.5 Å². The Morgan fingerprint density at radius 2 is 1.67 bits per heavy atom. The van der Waals surface area contributed by atoms with Gasteiger partial charge in [0.15, 0.2) is 5.75 Å². The molecule has 1 aromatic carbocycles. The molecule has 36 heavy (non-hydrogen) atoms. The maximum absolute atomic E-state index is 13.7. The van der Waals surface area contributed by atoms with Gasteiger partial charge in [-0.05, 0) is 39.9 Å². The van der Waals surface area contributed by atoms with Gasteiger partial charge in [0.25, 0.3) is 14.2 Å². The summed E-state index contributed by atoms with van der Waals surface area (Å²) in [6, 6.07) is 7.30. The zero-order chi connectivity index (χ0) is 26.2. The quantitative estimate of drug-likeness (QED) is 0.375. The number of nitrogens with zero attached hydrogens (tertiary/aromatic N) is 3. The number of ether oxygens (including phenoxy) is 2. The van der Waals surface area contributed by atoms with E-state index in [-0.39, 0.29) is 11.9 Å². The maximum Gasteiger partial charge on any atom is 0.260 e. The molecule has 0 aliphatic carbocycles. The van der Waals surface area contributed by atoms with Crippen molar-refractivity contribution in [3.8, 4) is 17.4 Å². The molecular formula is C28H37N3O4Si. The van der Waals surface area contributed by atoms with Crippen molar-refractivity contribution in [3.63, 3.8) is 0 Å². The third-order valence-corrected chi connectivity index (χ3v) is 13.5. The lowest BCUT2D eigenvalue weighted by Gasteiger charge is -2.42. The minimum atomic E-state index is -2.22. The summed E-state index contributed by atoms with van der Waals surface area (Å²) in [5.74, 6) is 1.70. The van der Waals surface area contributed by atoms with E-state index < -0.39 is 8.32 Å². The van der Waals surface area contributed by atoms with Crippen LogP contribution in [0, 0.1) is 0 Å². The van der Waals surface area contributed by atoms with Crippen molar-refractivity contribution >= 4 is 31.7 Å². The molecule has 1 amide bonds. The Morgan fingerprint density at radius 3 is 2.22 bits per heavy atom. The van der Waals surface area contributed by atoms with Crippen molar-refractivity contribution in [2.75, 3.05) is 14.2 Å². The van der Waals surface area contributed by atoms with Gasteiger partial charge in [-0.3, -0.25) is 9.79 Å². The van der Waals surface area contributed by atoms with Gasteiger partial charge in [0.2, 0.25) is 5.88 Å². The fourth-order valence-corrected chi connectivity index (χ4v) is 11.0. The summed E-state index contributed by atoms with van der Waals surface area (Å²) in [5.41, 5.74) is 4.35. The number of aromatic nitrogens is 1. The van der Waals surface area contributed by atoms with E-state index >= 15 is 0 Å². The Morgan fingerprint density at radius 1 is 0.972 bits per heavy atom. The zero-order valence-corrected chi connectivity index (χ0v) is 23.5. The van der Waals surface area contributed by atoms with Crippen LogP contribution >= 0.6 is 0 Å². The fraction of sp³-hybridized carbons (Fsp3) is 0.464. The Balaban J connectivity index is 1.70. The van der Waals surface area contributed by atoms with Crippen LogP contribution in [0.2, 0.25) is 16.6 Å². The third-order valence-electron chi connectivity index (χ3n) is 7.52. The van der Waals surface area contributed by atoms with E-state index in [0.717, 1.165) is 11.1 Å². The summed E-state index contributed by atoms with van der Waals surface area (Å²) < 4.78 is 17.8. The molecule has 4 rings (SSSR count). The van der Waals surface area contributed by atoms with Gasteiger partial charge in [0.1, 0.15) is 5.75 Å². The molecular weight excluding hydrogens is 470 g/mol. The van der Waals surface area contributed by atoms with Crippen molar-refractivity contribution < 1.29 is 18.7 Å². The van der Waals surface area contributed by atoms with E-state index in [9.17, 15) is 4.79 Å². The van der Waals surface area contributed by atoms with Gasteiger partial charge >= 0.3 is 0 Å². The lowest BCUT2D eigenvalue weighted by Crippen LogP contribution is -2.50. The van der Waals surface area contributed by atoms with E-state index in [0.29, 0.717) is 51.7 Å². The Hall–Kier alpha value is -3.13. The molecule has 1 aromatic heterocycles. The van der Waals surface area contributed by atoms with Gasteiger partial charge < -0.3 is 18.8 Å². The average Bonchev–Trinajstić information content (AvgIpc) is 3.24. The molecule has 2 aromatic rings. The molecule has 1 atom stereocenters. The number of pyridine rings is 1. The fourth-order valence-electron chi connectivity index (χ4n) is 5.77. The molecule has 0 spiro atoms. The molecule has 3 heterocycles. The predicted octanol–water partition coefficient (Wildman–Crippen LogP) is 6.62. The molecule has 0 bridgehead atoms. The van der Waals surface area contributed by atoms with Crippen LogP contribution in [-0.2, 0) is 0 Å². The van der Waals surface area contributed by atoms with Crippen molar-refractivity contribution in [2.45, 2.75) is 70.6 Å². The first-order chi connectivity index (χ1) is 17.1. The largest absolute Gasteiger partial charge is 0.540 e. The summed E-state index contributed by atoms with van der Waals surface area (Å²) >= 11 is 0. The number of carbonyl (C=O) groups is 1. The summed E-state index contributed by atoms with van der Waals surface area (Å²) in [4.78, 5) is 24.5. The van der Waals surface area contributed by atoms with Crippen molar-refractivity contribution in [1.82, 2.24) is 9.88 Å². The Bertz CT molecular complexity index is 1170. The molecule has 0 radical (unpaired) electrons. The summed E-state index contributed by atoms with van der Waals surface area (Å²) in [6.07, 6.45) is 6.20. The van der Waals surface area contributed by atoms with E-state index in [2.05, 4.69) is 46.5 Å². The lowest BCUT2D eigenvalue weighted by molar-refractivity contribution is 0.0817. The van der Waals surface area contributed by atoms with Crippen LogP contribution in [0.4, 0.5) is 5.69 Å². The SMILES string of the molecule is COc1ccc(C2=CN3C(=O)c4cc(OC)c(O[Si](C(C)C)(C(C)C)C(C)C)cc4N=C[C@@H]3C2)cn1. The smallest absolute Gasteiger partial charge is 0.260 e. The molecule has 2 aliphatic heterocycles. The molecule has 0 unspecified atom stereocenters. The lowest BCUT2D eigenvalue weighted by atomic mass is 10.0. The van der Waals surface area contributed by atoms with Crippen LogP contribution in [0.3, 0.4) is 0 Å². The number of rotatable bonds is 8. The molecule has 0 N–H and O–H groups in total. The number of amides is 1. The molecule has 192 valence electrons. The molecule has 0 saturated carbocycles. The second kappa shape index (κ2) is 10.1. The third kappa shape index (κ3) is 4.43. The first-order valence-corrected chi connectivity index (χ1v) is 14.7. The highest BCUT2D eigenvalue weighted by Crippen LogP contribution is 2.47. The van der Waals surface area contributed by atoms with Crippen LogP contribution in [0.1, 0.15) is 63.9 Å². The summed E-state index contributed by atoms with van der Waals surface area (Å²) in [7, 11) is 0.994. The van der Waals surface area contributed by atoms with E-state index in [1.165, 1.54) is 0 Å². The first-order valence-electron chi connectivity index (χ1n) is 12.6. The van der Waals surface area contributed by atoms with Gasteiger partial charge in [-0.2, -0.15) is 0 Å². The molecule has 0 fully saturated rings. The van der Waals surface area contributed by atoms with Crippen LogP contribution in [0.25, 0.3) is 5.57 Å². The van der Waals surface area contributed by atoms with Crippen molar-refractivity contribution in [1.29, 1.82) is 0 Å². The van der Waals surface area contributed by atoms with E-state index in [1.54, 1.807) is 31.4 Å². The number of carbonyl (C=O) groups excluding carboxylic acids is 1. The normalized spacial score (nSPS) is 17.3. The Labute approximate surface area is 215 Å². The standard InChI is InChI=1S/C28H37N3O4Si/c1-17(2)36(18(3)4,19(5)6)35-26-13-24-23(12-25(26)33-7)28(32)31-16-21(11-22(31)15-29-24)20-9-10-27(34-8)30-14-20/h9-10,12-19,22H,11H2,1-8H3/t22-/m0/s1. The number of aliphatic imine (C=N–C) groups is 1. The summed E-state index contributed by atoms with van der Waals surface area (Å²) in [6.45, 7) is 13.5.